The van der Waals surface area contributed by atoms with Gasteiger partial charge in [0.1, 0.15) is 5.69 Å². The normalized spacial score (nSPS) is 11.0. The lowest BCUT2D eigenvalue weighted by molar-refractivity contribution is 1.20. The van der Waals surface area contributed by atoms with Gasteiger partial charge in [-0.2, -0.15) is 0 Å². The Hall–Kier alpha value is -1.87. The number of H-pyrrole nitrogens is 1. The van der Waals surface area contributed by atoms with Crippen molar-refractivity contribution in [2.45, 2.75) is 12.8 Å². The van der Waals surface area contributed by atoms with Gasteiger partial charge in [-0.15, -0.1) is 11.6 Å². The Balaban J connectivity index is 2.18. The summed E-state index contributed by atoms with van der Waals surface area (Å²) in [5, 5.41) is 1.17. The molecule has 0 saturated carbocycles. The van der Waals surface area contributed by atoms with Crippen molar-refractivity contribution >= 4 is 22.5 Å². The summed E-state index contributed by atoms with van der Waals surface area (Å²) in [4.78, 5) is 12.1. The summed E-state index contributed by atoms with van der Waals surface area (Å²) < 4.78 is 0. The molecule has 1 aromatic carbocycles. The number of nitrogens with one attached hydrogen (secondary N) is 1. The lowest BCUT2D eigenvalue weighted by Gasteiger charge is -2.04. The second-order valence-corrected chi connectivity index (χ2v) is 4.50. The van der Waals surface area contributed by atoms with Crippen LogP contribution in [0.25, 0.3) is 22.4 Å². The molecule has 90 valence electrons. The number of pyridine rings is 1. The predicted octanol–water partition coefficient (Wildman–Crippen LogP) is 3.67. The zero-order valence-electron chi connectivity index (χ0n) is 9.94. The molecule has 0 radical (unpaired) electrons. The minimum Gasteiger partial charge on any atom is -0.340 e. The second-order valence-electron chi connectivity index (χ2n) is 4.23. The first-order valence-corrected chi connectivity index (χ1v) is 6.28. The van der Waals surface area contributed by atoms with E-state index < -0.39 is 0 Å². The van der Waals surface area contributed by atoms with Gasteiger partial charge in [0, 0.05) is 17.3 Å². The molecule has 4 heteroatoms. The predicted molar refractivity (Wildman–Crippen MR) is 73.6 cm³/mol. The molecule has 0 bridgehead atoms. The number of aromatic nitrogens is 3. The molecule has 3 aromatic rings. The molecular formula is C14H12ClN3. The van der Waals surface area contributed by atoms with Gasteiger partial charge in [-0.1, -0.05) is 18.2 Å². The molecule has 2 heterocycles. The van der Waals surface area contributed by atoms with E-state index in [1.165, 1.54) is 10.9 Å². The molecule has 1 N–H and O–H groups in total. The summed E-state index contributed by atoms with van der Waals surface area (Å²) in [5.74, 6) is 1.19. The highest BCUT2D eigenvalue weighted by molar-refractivity contribution is 6.16. The molecule has 0 aliphatic heterocycles. The van der Waals surface area contributed by atoms with Crippen LogP contribution in [0, 0.1) is 6.92 Å². The van der Waals surface area contributed by atoms with Crippen LogP contribution in [0.1, 0.15) is 11.3 Å². The first-order chi connectivity index (χ1) is 8.78. The van der Waals surface area contributed by atoms with Gasteiger partial charge in [0.05, 0.1) is 11.4 Å². The third-order valence-corrected chi connectivity index (χ3v) is 3.23. The van der Waals surface area contributed by atoms with E-state index in [-0.39, 0.29) is 0 Å². The third-order valence-electron chi connectivity index (χ3n) is 2.94. The number of aryl methyl sites for hydroxylation is 1. The van der Waals surface area contributed by atoms with Gasteiger partial charge in [0.2, 0.25) is 0 Å². The minimum atomic E-state index is 0.430. The van der Waals surface area contributed by atoms with Crippen LogP contribution < -0.4 is 0 Å². The fraction of sp³-hybridized carbons (Fsp3) is 0.143. The number of benzene rings is 1. The van der Waals surface area contributed by atoms with Crippen LogP contribution in [0.5, 0.6) is 0 Å². The van der Waals surface area contributed by atoms with Crippen molar-refractivity contribution in [3.63, 3.8) is 0 Å². The fourth-order valence-electron chi connectivity index (χ4n) is 2.03. The van der Waals surface area contributed by atoms with E-state index in [0.29, 0.717) is 5.88 Å². The summed E-state index contributed by atoms with van der Waals surface area (Å²) in [7, 11) is 0. The van der Waals surface area contributed by atoms with Crippen LogP contribution in [-0.4, -0.2) is 15.0 Å². The molecule has 0 aliphatic rings. The van der Waals surface area contributed by atoms with Crippen molar-refractivity contribution in [3.8, 4) is 11.5 Å². The Morgan fingerprint density at radius 1 is 1.28 bits per heavy atom. The molecule has 0 fully saturated rings. The lowest BCUT2D eigenvalue weighted by Crippen LogP contribution is -1.90. The van der Waals surface area contributed by atoms with Crippen molar-refractivity contribution in [1.29, 1.82) is 0 Å². The average Bonchev–Trinajstić information content (AvgIpc) is 2.87. The van der Waals surface area contributed by atoms with Gasteiger partial charge in [0.25, 0.3) is 0 Å². The highest BCUT2D eigenvalue weighted by Crippen LogP contribution is 2.22. The SMILES string of the molecule is Cc1cc(-c2ncc(CCl)[nH]2)nc2ccccc12. The number of nitrogens with zero attached hydrogens (tertiary/aromatic N) is 2. The molecule has 0 amide bonds. The molecule has 18 heavy (non-hydrogen) atoms. The highest BCUT2D eigenvalue weighted by atomic mass is 35.5. The van der Waals surface area contributed by atoms with Crippen molar-refractivity contribution in [2.75, 3.05) is 0 Å². The Labute approximate surface area is 110 Å². The van der Waals surface area contributed by atoms with Crippen LogP contribution in [0.2, 0.25) is 0 Å². The highest BCUT2D eigenvalue weighted by Gasteiger charge is 2.07. The second kappa shape index (κ2) is 4.42. The number of hydrogen-bond acceptors (Lipinski definition) is 2. The molecule has 0 spiro atoms. The van der Waals surface area contributed by atoms with Gasteiger partial charge in [-0.3, -0.25) is 0 Å². The van der Waals surface area contributed by atoms with E-state index in [1.54, 1.807) is 6.20 Å². The van der Waals surface area contributed by atoms with Gasteiger partial charge >= 0.3 is 0 Å². The maximum absolute atomic E-state index is 5.76. The summed E-state index contributed by atoms with van der Waals surface area (Å²) >= 11 is 5.76. The molecule has 0 saturated heterocycles. The minimum absolute atomic E-state index is 0.430. The van der Waals surface area contributed by atoms with Crippen LogP contribution >= 0.6 is 11.6 Å². The van der Waals surface area contributed by atoms with Crippen LogP contribution in [0.3, 0.4) is 0 Å². The van der Waals surface area contributed by atoms with E-state index >= 15 is 0 Å². The van der Waals surface area contributed by atoms with Crippen molar-refractivity contribution in [2.24, 2.45) is 0 Å². The van der Waals surface area contributed by atoms with Gasteiger partial charge in [-0.05, 0) is 24.6 Å². The van der Waals surface area contributed by atoms with Crippen molar-refractivity contribution < 1.29 is 0 Å². The number of imidazole rings is 1. The van der Waals surface area contributed by atoms with Gasteiger partial charge in [-0.25, -0.2) is 9.97 Å². The van der Waals surface area contributed by atoms with Crippen LogP contribution in [0.4, 0.5) is 0 Å². The smallest absolute Gasteiger partial charge is 0.156 e. The topological polar surface area (TPSA) is 41.6 Å². The molecule has 0 aliphatic carbocycles. The van der Waals surface area contributed by atoms with E-state index in [0.717, 1.165) is 22.7 Å². The van der Waals surface area contributed by atoms with Crippen LogP contribution in [-0.2, 0) is 5.88 Å². The number of aromatic amines is 1. The molecule has 2 aromatic heterocycles. The number of para-hydroxylation sites is 1. The number of hydrogen-bond donors (Lipinski definition) is 1. The first kappa shape index (κ1) is 11.2. The largest absolute Gasteiger partial charge is 0.340 e. The summed E-state index contributed by atoms with van der Waals surface area (Å²) in [6.07, 6.45) is 1.74. The lowest BCUT2D eigenvalue weighted by atomic mass is 10.1. The fourth-order valence-corrected chi connectivity index (χ4v) is 2.16. The van der Waals surface area contributed by atoms with Crippen LogP contribution in [0.15, 0.2) is 36.5 Å². The monoisotopic (exact) mass is 257 g/mol. The maximum atomic E-state index is 5.76. The maximum Gasteiger partial charge on any atom is 0.156 e. The summed E-state index contributed by atoms with van der Waals surface area (Å²) in [5.41, 5.74) is 3.93. The number of alkyl halides is 1. The van der Waals surface area contributed by atoms with Gasteiger partial charge < -0.3 is 4.98 Å². The molecule has 0 unspecified atom stereocenters. The van der Waals surface area contributed by atoms with E-state index in [4.69, 9.17) is 11.6 Å². The summed E-state index contributed by atoms with van der Waals surface area (Å²) in [6, 6.07) is 10.1. The zero-order valence-corrected chi connectivity index (χ0v) is 10.7. The summed E-state index contributed by atoms with van der Waals surface area (Å²) in [6.45, 7) is 2.08. The van der Waals surface area contributed by atoms with Crippen molar-refractivity contribution in [3.05, 3.63) is 47.8 Å². The Bertz CT molecular complexity index is 703. The first-order valence-electron chi connectivity index (χ1n) is 5.74. The van der Waals surface area contributed by atoms with E-state index in [2.05, 4.69) is 27.9 Å². The zero-order chi connectivity index (χ0) is 12.5. The Kier molecular flexibility index (Phi) is 2.76. The van der Waals surface area contributed by atoms with E-state index in [1.807, 2.05) is 24.3 Å². The molecular weight excluding hydrogens is 246 g/mol. The van der Waals surface area contributed by atoms with E-state index in [9.17, 15) is 0 Å². The Morgan fingerprint density at radius 2 is 2.11 bits per heavy atom. The number of rotatable bonds is 2. The van der Waals surface area contributed by atoms with Gasteiger partial charge in [0.15, 0.2) is 5.82 Å². The number of halogens is 1. The third kappa shape index (κ3) is 1.87. The number of fused-ring (bicyclic) bond motifs is 1. The average molecular weight is 258 g/mol. The molecule has 0 atom stereocenters. The Morgan fingerprint density at radius 3 is 2.89 bits per heavy atom. The van der Waals surface area contributed by atoms with Crippen molar-refractivity contribution in [1.82, 2.24) is 15.0 Å². The standard InChI is InChI=1S/C14H12ClN3/c1-9-6-13(14-16-8-10(7-15)17-14)18-12-5-3-2-4-11(9)12/h2-6,8H,7H2,1H3,(H,16,17). The quantitative estimate of drug-likeness (QED) is 0.712. The molecule has 3 rings (SSSR count). The molecule has 3 nitrogen and oxygen atoms in total.